The summed E-state index contributed by atoms with van der Waals surface area (Å²) in [6.07, 6.45) is 2.30. The number of nitrogens with two attached hydrogens (primary N) is 1. The molecule has 2 rings (SSSR count). The molecule has 25 heavy (non-hydrogen) atoms. The number of rotatable bonds is 8. The summed E-state index contributed by atoms with van der Waals surface area (Å²) in [6, 6.07) is 8.49. The summed E-state index contributed by atoms with van der Waals surface area (Å²) >= 11 is 0. The van der Waals surface area contributed by atoms with Crippen LogP contribution in [0.1, 0.15) is 48.2 Å². The Balaban J connectivity index is 2.19. The van der Waals surface area contributed by atoms with Crippen LogP contribution in [-0.4, -0.2) is 33.0 Å². The van der Waals surface area contributed by atoms with Gasteiger partial charge in [-0.15, -0.1) is 0 Å². The molecule has 1 amide bonds. The van der Waals surface area contributed by atoms with Crippen LogP contribution in [-0.2, 0) is 11.2 Å². The lowest BCUT2D eigenvalue weighted by atomic mass is 10.0. The minimum atomic E-state index is -1.10. The normalized spacial score (nSPS) is 13.4. The average Bonchev–Trinajstić information content (AvgIpc) is 3.04. The van der Waals surface area contributed by atoms with Crippen LogP contribution in [0, 0.1) is 5.92 Å². The third-order valence-electron chi connectivity index (χ3n) is 3.82. The van der Waals surface area contributed by atoms with Crippen LogP contribution in [0.15, 0.2) is 36.5 Å². The third-order valence-corrected chi connectivity index (χ3v) is 3.82. The van der Waals surface area contributed by atoms with Crippen molar-refractivity contribution in [2.75, 3.05) is 0 Å². The number of amides is 1. The molecule has 0 radical (unpaired) electrons. The molecule has 0 bridgehead atoms. The van der Waals surface area contributed by atoms with Crippen molar-refractivity contribution in [2.45, 2.75) is 38.8 Å². The van der Waals surface area contributed by atoms with E-state index in [4.69, 9.17) is 10.8 Å². The molecule has 0 aliphatic rings. The maximum Gasteiger partial charge on any atom is 0.353 e. The molecule has 0 spiro atoms. The zero-order chi connectivity index (χ0) is 18.4. The van der Waals surface area contributed by atoms with Gasteiger partial charge >= 0.3 is 5.97 Å². The van der Waals surface area contributed by atoms with Gasteiger partial charge in [0.15, 0.2) is 0 Å². The van der Waals surface area contributed by atoms with Crippen LogP contribution >= 0.6 is 0 Å². The molecule has 7 nitrogen and oxygen atoms in total. The van der Waals surface area contributed by atoms with Gasteiger partial charge in [0.2, 0.25) is 5.91 Å². The van der Waals surface area contributed by atoms with Gasteiger partial charge in [0, 0.05) is 0 Å². The van der Waals surface area contributed by atoms with Crippen molar-refractivity contribution in [3.05, 3.63) is 53.6 Å². The largest absolute Gasteiger partial charge is 0.477 e. The van der Waals surface area contributed by atoms with Crippen LogP contribution in [0.2, 0.25) is 0 Å². The maximum atomic E-state index is 12.4. The molecule has 5 N–H and O–H groups in total. The van der Waals surface area contributed by atoms with Crippen LogP contribution in [0.25, 0.3) is 0 Å². The summed E-state index contributed by atoms with van der Waals surface area (Å²) in [5.41, 5.74) is 6.93. The summed E-state index contributed by atoms with van der Waals surface area (Å²) in [4.78, 5) is 30.3. The first-order valence-corrected chi connectivity index (χ1v) is 8.25. The van der Waals surface area contributed by atoms with Gasteiger partial charge in [-0.2, -0.15) is 0 Å². The van der Waals surface area contributed by atoms with Gasteiger partial charge in [0.1, 0.15) is 11.5 Å². The Bertz CT molecular complexity index is 712. The first-order chi connectivity index (χ1) is 11.9. The number of H-pyrrole nitrogens is 1. The predicted molar refractivity (Wildman–Crippen MR) is 94.0 cm³/mol. The van der Waals surface area contributed by atoms with E-state index in [1.54, 1.807) is 0 Å². The van der Waals surface area contributed by atoms with E-state index in [0.29, 0.717) is 24.6 Å². The number of hydrogen-bond donors (Lipinski definition) is 4. The standard InChI is InChI=1S/C18H24N4O3/c1-11(2)8-13(19)17(23)22-14(9-12-6-4-3-5-7-12)16-20-10-15(21-16)18(24)25/h3-7,10-11,13-14H,8-9,19H2,1-2H3,(H,20,21)(H,22,23)(H,24,25)/t13-,14-/m0/s1. The molecule has 7 heteroatoms. The second-order valence-electron chi connectivity index (χ2n) is 6.47. The number of nitrogens with one attached hydrogen (secondary N) is 2. The van der Waals surface area contributed by atoms with Crippen LogP contribution in [0.4, 0.5) is 0 Å². The molecule has 2 atom stereocenters. The summed E-state index contributed by atoms with van der Waals surface area (Å²) in [6.45, 7) is 4.00. The lowest BCUT2D eigenvalue weighted by Crippen LogP contribution is -2.43. The van der Waals surface area contributed by atoms with Crippen molar-refractivity contribution in [2.24, 2.45) is 11.7 Å². The van der Waals surface area contributed by atoms with Gasteiger partial charge in [-0.25, -0.2) is 9.78 Å². The van der Waals surface area contributed by atoms with E-state index in [2.05, 4.69) is 15.3 Å². The van der Waals surface area contributed by atoms with Gasteiger partial charge in [-0.05, 0) is 24.3 Å². The Morgan fingerprint density at radius 1 is 1.28 bits per heavy atom. The molecule has 0 aliphatic heterocycles. The second-order valence-corrected chi connectivity index (χ2v) is 6.47. The Hall–Kier alpha value is -2.67. The van der Waals surface area contributed by atoms with Crippen molar-refractivity contribution >= 4 is 11.9 Å². The Labute approximate surface area is 146 Å². The van der Waals surface area contributed by atoms with Crippen molar-refractivity contribution in [3.63, 3.8) is 0 Å². The molecular weight excluding hydrogens is 320 g/mol. The third kappa shape index (κ3) is 5.42. The second kappa shape index (κ2) is 8.43. The van der Waals surface area contributed by atoms with E-state index in [-0.39, 0.29) is 11.6 Å². The SMILES string of the molecule is CC(C)C[C@H](N)C(=O)N[C@@H](Cc1ccccc1)c1ncc(C(=O)O)[nH]1. The predicted octanol–water partition coefficient (Wildman–Crippen LogP) is 1.88. The van der Waals surface area contributed by atoms with Gasteiger partial charge in [0.25, 0.3) is 0 Å². The van der Waals surface area contributed by atoms with E-state index in [1.165, 1.54) is 6.20 Å². The number of carbonyl (C=O) groups is 2. The van der Waals surface area contributed by atoms with E-state index >= 15 is 0 Å². The van der Waals surface area contributed by atoms with Crippen LogP contribution in [0.5, 0.6) is 0 Å². The highest BCUT2D eigenvalue weighted by Gasteiger charge is 2.23. The van der Waals surface area contributed by atoms with Crippen molar-refractivity contribution in [1.82, 2.24) is 15.3 Å². The van der Waals surface area contributed by atoms with Crippen molar-refractivity contribution < 1.29 is 14.7 Å². The number of carboxylic acid groups (broad SMARTS) is 1. The first kappa shape index (κ1) is 18.7. The number of nitrogens with zero attached hydrogens (tertiary/aromatic N) is 1. The minimum Gasteiger partial charge on any atom is -0.477 e. The zero-order valence-electron chi connectivity index (χ0n) is 14.4. The molecule has 1 heterocycles. The molecule has 2 aromatic rings. The van der Waals surface area contributed by atoms with Crippen LogP contribution < -0.4 is 11.1 Å². The highest BCUT2D eigenvalue weighted by atomic mass is 16.4. The number of aromatic nitrogens is 2. The van der Waals surface area contributed by atoms with E-state index in [0.717, 1.165) is 5.56 Å². The van der Waals surface area contributed by atoms with Gasteiger partial charge < -0.3 is 21.1 Å². The molecular formula is C18H24N4O3. The Morgan fingerprint density at radius 3 is 2.52 bits per heavy atom. The highest BCUT2D eigenvalue weighted by Crippen LogP contribution is 2.17. The quantitative estimate of drug-likeness (QED) is 0.582. The average molecular weight is 344 g/mol. The maximum absolute atomic E-state index is 12.4. The fourth-order valence-corrected chi connectivity index (χ4v) is 2.58. The minimum absolute atomic E-state index is 0.0196. The summed E-state index contributed by atoms with van der Waals surface area (Å²) in [7, 11) is 0. The van der Waals surface area contributed by atoms with Crippen molar-refractivity contribution in [3.8, 4) is 0 Å². The molecule has 0 unspecified atom stereocenters. The fraction of sp³-hybridized carbons (Fsp3) is 0.389. The smallest absolute Gasteiger partial charge is 0.353 e. The topological polar surface area (TPSA) is 121 Å². The monoisotopic (exact) mass is 344 g/mol. The Kier molecular flexibility index (Phi) is 6.30. The lowest BCUT2D eigenvalue weighted by molar-refractivity contribution is -0.123. The van der Waals surface area contributed by atoms with Gasteiger partial charge in [0.05, 0.1) is 18.3 Å². The Morgan fingerprint density at radius 2 is 1.96 bits per heavy atom. The highest BCUT2D eigenvalue weighted by molar-refractivity contribution is 5.85. The number of carbonyl (C=O) groups excluding carboxylic acids is 1. The van der Waals surface area contributed by atoms with Crippen LogP contribution in [0.3, 0.4) is 0 Å². The zero-order valence-corrected chi connectivity index (χ0v) is 14.4. The first-order valence-electron chi connectivity index (χ1n) is 8.25. The van der Waals surface area contributed by atoms with Crippen molar-refractivity contribution in [1.29, 1.82) is 0 Å². The molecule has 1 aromatic heterocycles. The van der Waals surface area contributed by atoms with E-state index < -0.39 is 18.1 Å². The molecule has 0 fully saturated rings. The summed E-state index contributed by atoms with van der Waals surface area (Å²) in [5, 5.41) is 11.9. The number of hydrogen-bond acceptors (Lipinski definition) is 4. The number of benzene rings is 1. The molecule has 134 valence electrons. The summed E-state index contributed by atoms with van der Waals surface area (Å²) < 4.78 is 0. The van der Waals surface area contributed by atoms with E-state index in [9.17, 15) is 9.59 Å². The molecule has 1 aromatic carbocycles. The molecule has 0 saturated carbocycles. The summed E-state index contributed by atoms with van der Waals surface area (Å²) in [5.74, 6) is -0.676. The molecule has 0 aliphatic carbocycles. The van der Waals surface area contributed by atoms with E-state index in [1.807, 2.05) is 44.2 Å². The number of carboxylic acids is 1. The van der Waals surface area contributed by atoms with Gasteiger partial charge in [-0.3, -0.25) is 4.79 Å². The number of aromatic carboxylic acids is 1. The lowest BCUT2D eigenvalue weighted by Gasteiger charge is -2.20. The number of aromatic amines is 1. The molecule has 0 saturated heterocycles. The number of imidazole rings is 1. The van der Waals surface area contributed by atoms with Gasteiger partial charge in [-0.1, -0.05) is 44.2 Å². The fourth-order valence-electron chi connectivity index (χ4n) is 2.58.